The molecule has 190 valence electrons. The average molecular weight is 461 g/mol. The van der Waals surface area contributed by atoms with E-state index in [0.29, 0.717) is 17.8 Å². The van der Waals surface area contributed by atoms with Crippen LogP contribution in [0.15, 0.2) is 37.2 Å². The number of hydrogen-bond acceptors (Lipinski definition) is 3. The minimum absolute atomic E-state index is 0.596. The van der Waals surface area contributed by atoms with Crippen LogP contribution in [0.3, 0.4) is 0 Å². The lowest BCUT2D eigenvalue weighted by Gasteiger charge is -1.96. The lowest BCUT2D eigenvalue weighted by Crippen LogP contribution is -1.92. The monoisotopic (exact) mass is 460 g/mol. The third kappa shape index (κ3) is 15.2. The van der Waals surface area contributed by atoms with Crippen LogP contribution in [-0.2, 0) is 20.6 Å². The first-order valence-electron chi connectivity index (χ1n) is 12.5. The smallest absolute Gasteiger partial charge is 0.0524 e. The van der Waals surface area contributed by atoms with Crippen LogP contribution in [0.1, 0.15) is 117 Å². The molecule has 3 aromatic rings. The predicted octanol–water partition coefficient (Wildman–Crippen LogP) is 7.56. The molecule has 0 fully saturated rings. The van der Waals surface area contributed by atoms with Crippen molar-refractivity contribution in [2.45, 2.75) is 107 Å². The molecule has 0 bridgehead atoms. The Morgan fingerprint density at radius 2 is 0.909 bits per heavy atom. The van der Waals surface area contributed by atoms with E-state index in [4.69, 9.17) is 0 Å². The number of nitrogens with zero attached hydrogens (tertiary/aromatic N) is 6. The first-order valence-corrected chi connectivity index (χ1v) is 12.5. The zero-order valence-electron chi connectivity index (χ0n) is 23.8. The Morgan fingerprint density at radius 3 is 1.06 bits per heavy atom. The molecule has 0 unspecified atom stereocenters. The van der Waals surface area contributed by atoms with Gasteiger partial charge >= 0.3 is 0 Å². The lowest BCUT2D eigenvalue weighted by molar-refractivity contribution is 0.658. The van der Waals surface area contributed by atoms with Crippen LogP contribution in [0.25, 0.3) is 0 Å². The maximum atomic E-state index is 4.17. The number of rotatable bonds is 4. The van der Waals surface area contributed by atoms with Crippen molar-refractivity contribution in [1.29, 1.82) is 0 Å². The maximum Gasteiger partial charge on any atom is 0.0524 e. The van der Waals surface area contributed by atoms with Gasteiger partial charge in [-0.25, -0.2) is 0 Å². The zero-order chi connectivity index (χ0) is 26.0. The Kier molecular flexibility index (Phi) is 19.0. The quantitative estimate of drug-likeness (QED) is 0.404. The molecule has 6 nitrogen and oxygen atoms in total. The summed E-state index contributed by atoms with van der Waals surface area (Å²) in [6.45, 7) is 24.3. The van der Waals surface area contributed by atoms with Crippen molar-refractivity contribution >= 4 is 0 Å². The highest BCUT2D eigenvalue weighted by molar-refractivity contribution is 5.09. The van der Waals surface area contributed by atoms with Gasteiger partial charge in [0.2, 0.25) is 0 Å². The average Bonchev–Trinajstić information content (AvgIpc) is 3.51. The van der Waals surface area contributed by atoms with E-state index in [0.717, 1.165) is 6.54 Å². The van der Waals surface area contributed by atoms with Gasteiger partial charge in [0, 0.05) is 39.2 Å². The Morgan fingerprint density at radius 1 is 0.606 bits per heavy atom. The minimum Gasteiger partial charge on any atom is -0.276 e. The summed E-state index contributed by atoms with van der Waals surface area (Å²) in [7, 11) is 3.87. The SMILES string of the molecule is CC.CC(C)c1cnn(C)c1.CC(C)c1cnn(C)c1.CCC.CCn1cc(C(C)C)cn1. The fourth-order valence-corrected chi connectivity index (χ4v) is 2.33. The molecule has 0 radical (unpaired) electrons. The molecule has 0 amide bonds. The molecule has 33 heavy (non-hydrogen) atoms. The Balaban J connectivity index is 0. The summed E-state index contributed by atoms with van der Waals surface area (Å²) < 4.78 is 5.61. The molecule has 0 atom stereocenters. The van der Waals surface area contributed by atoms with Gasteiger partial charge in [-0.1, -0.05) is 75.7 Å². The van der Waals surface area contributed by atoms with Crippen LogP contribution >= 0.6 is 0 Å². The van der Waals surface area contributed by atoms with Gasteiger partial charge in [0.15, 0.2) is 0 Å². The van der Waals surface area contributed by atoms with Crippen LogP contribution in [0.2, 0.25) is 0 Å². The molecule has 0 saturated heterocycles. The van der Waals surface area contributed by atoms with Crippen LogP contribution in [-0.4, -0.2) is 29.3 Å². The van der Waals surface area contributed by atoms with Gasteiger partial charge in [0.1, 0.15) is 0 Å². The van der Waals surface area contributed by atoms with E-state index in [2.05, 4.69) is 83.8 Å². The summed E-state index contributed by atoms with van der Waals surface area (Å²) >= 11 is 0. The maximum absolute atomic E-state index is 4.17. The normalized spacial score (nSPS) is 9.82. The summed E-state index contributed by atoms with van der Waals surface area (Å²) in [5, 5.41) is 12.3. The van der Waals surface area contributed by atoms with Crippen molar-refractivity contribution in [3.05, 3.63) is 53.9 Å². The van der Waals surface area contributed by atoms with Gasteiger partial charge in [-0.3, -0.25) is 14.0 Å². The molecule has 0 N–H and O–H groups in total. The Bertz CT molecular complexity index is 764. The topological polar surface area (TPSA) is 53.5 Å². The summed E-state index contributed by atoms with van der Waals surface area (Å²) in [6, 6.07) is 0. The second-order valence-electron chi connectivity index (χ2n) is 8.70. The van der Waals surface area contributed by atoms with Crippen molar-refractivity contribution in [3.63, 3.8) is 0 Å². The third-order valence-electron chi connectivity index (χ3n) is 4.43. The Labute approximate surface area is 204 Å². The molecule has 0 aromatic carbocycles. The highest BCUT2D eigenvalue weighted by Gasteiger charge is 2.00. The van der Waals surface area contributed by atoms with Crippen LogP contribution < -0.4 is 0 Å². The summed E-state index contributed by atoms with van der Waals surface area (Å²) in [4.78, 5) is 0. The van der Waals surface area contributed by atoms with Crippen LogP contribution in [0.4, 0.5) is 0 Å². The van der Waals surface area contributed by atoms with Crippen molar-refractivity contribution in [2.75, 3.05) is 0 Å². The first kappa shape index (κ1) is 32.8. The van der Waals surface area contributed by atoms with Crippen molar-refractivity contribution in [2.24, 2.45) is 14.1 Å². The molecule has 3 aromatic heterocycles. The predicted molar refractivity (Wildman–Crippen MR) is 144 cm³/mol. The molecular weight excluding hydrogens is 408 g/mol. The fraction of sp³-hybridized carbons (Fsp3) is 0.667. The zero-order valence-corrected chi connectivity index (χ0v) is 23.8. The molecular formula is C27H52N6. The van der Waals surface area contributed by atoms with E-state index in [1.165, 1.54) is 23.1 Å². The van der Waals surface area contributed by atoms with Gasteiger partial charge in [-0.2, -0.15) is 15.3 Å². The van der Waals surface area contributed by atoms with Gasteiger partial charge in [0.25, 0.3) is 0 Å². The van der Waals surface area contributed by atoms with Gasteiger partial charge < -0.3 is 0 Å². The molecule has 3 heterocycles. The van der Waals surface area contributed by atoms with E-state index < -0.39 is 0 Å². The highest BCUT2D eigenvalue weighted by atomic mass is 15.3. The molecule has 0 aliphatic carbocycles. The van der Waals surface area contributed by atoms with Gasteiger partial charge in [-0.05, 0) is 41.4 Å². The molecule has 0 spiro atoms. The second kappa shape index (κ2) is 19.1. The lowest BCUT2D eigenvalue weighted by atomic mass is 10.1. The summed E-state index contributed by atoms with van der Waals surface area (Å²) in [5.41, 5.74) is 3.93. The Hall–Kier alpha value is -2.37. The number of aryl methyl sites for hydroxylation is 3. The summed E-state index contributed by atoms with van der Waals surface area (Å²) in [5.74, 6) is 1.79. The van der Waals surface area contributed by atoms with Gasteiger partial charge in [0.05, 0.1) is 18.6 Å². The van der Waals surface area contributed by atoms with E-state index in [-0.39, 0.29) is 0 Å². The molecule has 0 saturated carbocycles. The first-order chi connectivity index (χ1) is 15.5. The standard InChI is InChI=1S/C8H14N2.2C7H12N2.C3H8.C2H6/c1-4-10-6-8(5-9-10)7(2)3;2*1-6(2)7-4-8-9(3)5-7;1-3-2;1-2/h5-7H,4H2,1-3H3;2*4-6H,1-3H3;3H2,1-2H3;1-2H3. The van der Waals surface area contributed by atoms with E-state index in [9.17, 15) is 0 Å². The second-order valence-corrected chi connectivity index (χ2v) is 8.70. The van der Waals surface area contributed by atoms with E-state index >= 15 is 0 Å². The number of hydrogen-bond donors (Lipinski definition) is 0. The molecule has 0 aliphatic rings. The fourth-order valence-electron chi connectivity index (χ4n) is 2.33. The van der Waals surface area contributed by atoms with Crippen molar-refractivity contribution in [1.82, 2.24) is 29.3 Å². The summed E-state index contributed by atoms with van der Waals surface area (Å²) in [6.07, 6.45) is 13.2. The van der Waals surface area contributed by atoms with Crippen LogP contribution in [0, 0.1) is 0 Å². The third-order valence-corrected chi connectivity index (χ3v) is 4.43. The minimum atomic E-state index is 0.596. The van der Waals surface area contributed by atoms with Gasteiger partial charge in [-0.15, -0.1) is 0 Å². The van der Waals surface area contributed by atoms with Crippen molar-refractivity contribution < 1.29 is 0 Å². The van der Waals surface area contributed by atoms with Crippen LogP contribution in [0.5, 0.6) is 0 Å². The van der Waals surface area contributed by atoms with E-state index in [1.54, 1.807) is 0 Å². The highest BCUT2D eigenvalue weighted by Crippen LogP contribution is 2.12. The van der Waals surface area contributed by atoms with E-state index in [1.807, 2.05) is 73.0 Å². The van der Waals surface area contributed by atoms with Crippen molar-refractivity contribution in [3.8, 4) is 0 Å². The molecule has 0 aliphatic heterocycles. The molecule has 3 rings (SSSR count). The molecule has 6 heteroatoms. The number of aromatic nitrogens is 6. The largest absolute Gasteiger partial charge is 0.276 e.